The lowest BCUT2D eigenvalue weighted by atomic mass is 9.93. The van der Waals surface area contributed by atoms with Gasteiger partial charge in [-0.3, -0.25) is 0 Å². The molecule has 0 atom stereocenters. The van der Waals surface area contributed by atoms with Gasteiger partial charge in [0.25, 0.3) is 0 Å². The highest BCUT2D eigenvalue weighted by Crippen LogP contribution is 2.33. The Morgan fingerprint density at radius 3 is 2.93 bits per heavy atom. The summed E-state index contributed by atoms with van der Waals surface area (Å²) in [5.41, 5.74) is 8.44. The summed E-state index contributed by atoms with van der Waals surface area (Å²) in [5, 5.41) is 5.64. The van der Waals surface area contributed by atoms with Crippen LogP contribution in [0.25, 0.3) is 11.0 Å². The van der Waals surface area contributed by atoms with E-state index in [0.717, 1.165) is 16.7 Å². The van der Waals surface area contributed by atoms with Gasteiger partial charge in [0.05, 0.1) is 23.6 Å². The molecule has 0 unspecified atom stereocenters. The highest BCUT2D eigenvalue weighted by atomic mass is 15.3. The first-order valence-corrected chi connectivity index (χ1v) is 5.36. The van der Waals surface area contributed by atoms with Crippen molar-refractivity contribution in [3.05, 3.63) is 18.0 Å². The van der Waals surface area contributed by atoms with Gasteiger partial charge >= 0.3 is 0 Å². The predicted octanol–water partition coefficient (Wildman–Crippen LogP) is 2.05. The van der Waals surface area contributed by atoms with Crippen LogP contribution in [0.5, 0.6) is 0 Å². The molecule has 1 aliphatic rings. The smallest absolute Gasteiger partial charge is 0.158 e. The Hall–Kier alpha value is -1.58. The maximum atomic E-state index is 5.73. The molecule has 1 aliphatic carbocycles. The molecule has 0 saturated heterocycles. The molecule has 2 heterocycles. The first kappa shape index (κ1) is 8.71. The molecule has 15 heavy (non-hydrogen) atoms. The third kappa shape index (κ3) is 1.21. The maximum Gasteiger partial charge on any atom is 0.158 e. The number of nitrogens with two attached hydrogens (primary N) is 1. The SMILES string of the molecule is Cc1nn(C2CCC2)c2ncc(N)cc12. The van der Waals surface area contributed by atoms with Gasteiger partial charge in [-0.2, -0.15) is 5.10 Å². The van der Waals surface area contributed by atoms with E-state index in [4.69, 9.17) is 5.73 Å². The number of fused-ring (bicyclic) bond motifs is 1. The van der Waals surface area contributed by atoms with Crippen molar-refractivity contribution in [2.45, 2.75) is 32.2 Å². The van der Waals surface area contributed by atoms with Gasteiger partial charge in [-0.05, 0) is 32.3 Å². The fraction of sp³-hybridized carbons (Fsp3) is 0.455. The van der Waals surface area contributed by atoms with Crippen molar-refractivity contribution in [1.82, 2.24) is 14.8 Å². The van der Waals surface area contributed by atoms with Gasteiger partial charge in [0.2, 0.25) is 0 Å². The fourth-order valence-corrected chi connectivity index (χ4v) is 2.07. The second-order valence-electron chi connectivity index (χ2n) is 4.25. The van der Waals surface area contributed by atoms with E-state index in [-0.39, 0.29) is 0 Å². The molecule has 2 aromatic rings. The molecule has 4 heteroatoms. The van der Waals surface area contributed by atoms with Gasteiger partial charge in [-0.25, -0.2) is 9.67 Å². The third-order valence-corrected chi connectivity index (χ3v) is 3.17. The molecule has 0 bridgehead atoms. The Morgan fingerprint density at radius 2 is 2.27 bits per heavy atom. The van der Waals surface area contributed by atoms with Crippen molar-refractivity contribution >= 4 is 16.7 Å². The van der Waals surface area contributed by atoms with E-state index in [0.29, 0.717) is 11.7 Å². The second kappa shape index (κ2) is 2.95. The van der Waals surface area contributed by atoms with Gasteiger partial charge in [-0.15, -0.1) is 0 Å². The standard InChI is InChI=1S/C11H14N4/c1-7-10-5-8(12)6-13-11(10)15(14-7)9-3-2-4-9/h5-6,9H,2-4,12H2,1H3. The lowest BCUT2D eigenvalue weighted by molar-refractivity contribution is 0.295. The summed E-state index contributed by atoms with van der Waals surface area (Å²) in [4.78, 5) is 4.38. The van der Waals surface area contributed by atoms with Crippen molar-refractivity contribution in [2.24, 2.45) is 0 Å². The van der Waals surface area contributed by atoms with Crippen LogP contribution in [-0.2, 0) is 0 Å². The molecule has 1 saturated carbocycles. The number of nitrogens with zero attached hydrogens (tertiary/aromatic N) is 3. The van der Waals surface area contributed by atoms with E-state index in [1.54, 1.807) is 6.20 Å². The van der Waals surface area contributed by atoms with E-state index < -0.39 is 0 Å². The zero-order valence-electron chi connectivity index (χ0n) is 8.77. The van der Waals surface area contributed by atoms with Gasteiger partial charge in [0, 0.05) is 5.39 Å². The average molecular weight is 202 g/mol. The molecule has 0 aliphatic heterocycles. The summed E-state index contributed by atoms with van der Waals surface area (Å²) in [6.45, 7) is 2.01. The molecule has 4 nitrogen and oxygen atoms in total. The van der Waals surface area contributed by atoms with Crippen molar-refractivity contribution in [2.75, 3.05) is 5.73 Å². The Morgan fingerprint density at radius 1 is 1.47 bits per heavy atom. The number of pyridine rings is 1. The van der Waals surface area contributed by atoms with Crippen LogP contribution in [0.4, 0.5) is 5.69 Å². The van der Waals surface area contributed by atoms with Crippen LogP contribution in [0.15, 0.2) is 12.3 Å². The normalized spacial score (nSPS) is 16.9. The van der Waals surface area contributed by atoms with Crippen molar-refractivity contribution in [3.63, 3.8) is 0 Å². The largest absolute Gasteiger partial charge is 0.397 e. The lowest BCUT2D eigenvalue weighted by Gasteiger charge is -2.25. The number of aromatic nitrogens is 3. The molecule has 2 N–H and O–H groups in total. The topological polar surface area (TPSA) is 56.7 Å². The summed E-state index contributed by atoms with van der Waals surface area (Å²) in [6.07, 6.45) is 5.46. The summed E-state index contributed by atoms with van der Waals surface area (Å²) in [5.74, 6) is 0. The summed E-state index contributed by atoms with van der Waals surface area (Å²) in [6, 6.07) is 2.51. The van der Waals surface area contributed by atoms with Crippen molar-refractivity contribution in [3.8, 4) is 0 Å². The van der Waals surface area contributed by atoms with Gasteiger partial charge < -0.3 is 5.73 Å². The van der Waals surface area contributed by atoms with Crippen LogP contribution in [0.2, 0.25) is 0 Å². The monoisotopic (exact) mass is 202 g/mol. The van der Waals surface area contributed by atoms with E-state index in [9.17, 15) is 0 Å². The lowest BCUT2D eigenvalue weighted by Crippen LogP contribution is -2.18. The van der Waals surface area contributed by atoms with Crippen LogP contribution in [-0.4, -0.2) is 14.8 Å². The molecule has 0 amide bonds. The Bertz CT molecular complexity index is 511. The molecule has 78 valence electrons. The summed E-state index contributed by atoms with van der Waals surface area (Å²) < 4.78 is 2.06. The number of nitrogen functional groups attached to an aromatic ring is 1. The number of aryl methyl sites for hydroxylation is 1. The van der Waals surface area contributed by atoms with Crippen molar-refractivity contribution in [1.29, 1.82) is 0 Å². The van der Waals surface area contributed by atoms with Crippen LogP contribution in [0.3, 0.4) is 0 Å². The Labute approximate surface area is 88.1 Å². The fourth-order valence-electron chi connectivity index (χ4n) is 2.07. The number of rotatable bonds is 1. The summed E-state index contributed by atoms with van der Waals surface area (Å²) >= 11 is 0. The highest BCUT2D eigenvalue weighted by molar-refractivity contribution is 5.81. The zero-order chi connectivity index (χ0) is 10.4. The second-order valence-corrected chi connectivity index (χ2v) is 4.25. The average Bonchev–Trinajstić information content (AvgIpc) is 2.41. The van der Waals surface area contributed by atoms with Crippen LogP contribution in [0, 0.1) is 6.92 Å². The highest BCUT2D eigenvalue weighted by Gasteiger charge is 2.23. The van der Waals surface area contributed by atoms with E-state index >= 15 is 0 Å². The van der Waals surface area contributed by atoms with Crippen LogP contribution >= 0.6 is 0 Å². The number of anilines is 1. The first-order valence-electron chi connectivity index (χ1n) is 5.36. The Kier molecular flexibility index (Phi) is 1.71. The van der Waals surface area contributed by atoms with Crippen LogP contribution < -0.4 is 5.73 Å². The Balaban J connectivity index is 2.22. The number of hydrogen-bond acceptors (Lipinski definition) is 3. The van der Waals surface area contributed by atoms with Crippen LogP contribution in [0.1, 0.15) is 31.0 Å². The summed E-state index contributed by atoms with van der Waals surface area (Å²) in [7, 11) is 0. The minimum absolute atomic E-state index is 0.553. The van der Waals surface area contributed by atoms with Gasteiger partial charge in [0.15, 0.2) is 5.65 Å². The third-order valence-electron chi connectivity index (χ3n) is 3.17. The van der Waals surface area contributed by atoms with Gasteiger partial charge in [-0.1, -0.05) is 0 Å². The van der Waals surface area contributed by atoms with Crippen molar-refractivity contribution < 1.29 is 0 Å². The minimum Gasteiger partial charge on any atom is -0.397 e. The van der Waals surface area contributed by atoms with E-state index in [1.807, 2.05) is 13.0 Å². The molecule has 0 aromatic carbocycles. The first-order chi connectivity index (χ1) is 7.25. The minimum atomic E-state index is 0.553. The molecular weight excluding hydrogens is 188 g/mol. The molecule has 3 rings (SSSR count). The predicted molar refractivity (Wildman–Crippen MR) is 59.6 cm³/mol. The quantitative estimate of drug-likeness (QED) is 0.770. The molecule has 2 aromatic heterocycles. The maximum absolute atomic E-state index is 5.73. The van der Waals surface area contributed by atoms with E-state index in [2.05, 4.69) is 14.8 Å². The van der Waals surface area contributed by atoms with E-state index in [1.165, 1.54) is 19.3 Å². The van der Waals surface area contributed by atoms with Gasteiger partial charge in [0.1, 0.15) is 0 Å². The molecule has 1 fully saturated rings. The molecule has 0 radical (unpaired) electrons. The molecule has 0 spiro atoms. The number of hydrogen-bond donors (Lipinski definition) is 1. The zero-order valence-corrected chi connectivity index (χ0v) is 8.77. The molecular formula is C11H14N4.